The van der Waals surface area contributed by atoms with E-state index in [-0.39, 0.29) is 35.3 Å². The van der Waals surface area contributed by atoms with Crippen molar-refractivity contribution in [3.05, 3.63) is 80.3 Å². The van der Waals surface area contributed by atoms with E-state index in [9.17, 15) is 14.9 Å². The van der Waals surface area contributed by atoms with Crippen LogP contribution in [0.1, 0.15) is 5.56 Å². The Hall–Kier alpha value is -3.49. The summed E-state index contributed by atoms with van der Waals surface area (Å²) in [5.41, 5.74) is 0.347. The standard InChI is InChI=1S/C22H17Cl2NO7/c1-13-15(23)8-10-19(22(13)24)31-14-7-9-16(25(27)28)20(11-14)32-18-6-4-3-5-17(18)30-12-21(26)29-2/h3-11H,12H2,1-2H3. The van der Waals surface area contributed by atoms with Gasteiger partial charge in [-0.3, -0.25) is 10.1 Å². The van der Waals surface area contributed by atoms with Gasteiger partial charge in [-0.05, 0) is 42.8 Å². The summed E-state index contributed by atoms with van der Waals surface area (Å²) in [4.78, 5) is 22.3. The van der Waals surface area contributed by atoms with Crippen LogP contribution in [-0.4, -0.2) is 24.6 Å². The number of carbonyl (C=O) groups excluding carboxylic acids is 1. The molecular formula is C22H17Cl2NO7. The number of para-hydroxylation sites is 2. The zero-order chi connectivity index (χ0) is 23.3. The molecule has 0 spiro atoms. The summed E-state index contributed by atoms with van der Waals surface area (Å²) in [5, 5.41) is 12.3. The van der Waals surface area contributed by atoms with E-state index in [1.807, 2.05) is 0 Å². The Morgan fingerprint density at radius 3 is 2.38 bits per heavy atom. The average Bonchev–Trinajstić information content (AvgIpc) is 2.78. The van der Waals surface area contributed by atoms with Gasteiger partial charge < -0.3 is 18.9 Å². The number of hydrogen-bond acceptors (Lipinski definition) is 7. The topological polar surface area (TPSA) is 97.1 Å². The molecule has 0 aromatic heterocycles. The molecule has 0 aliphatic heterocycles. The third-order valence-electron chi connectivity index (χ3n) is 4.28. The molecule has 3 aromatic rings. The quantitative estimate of drug-likeness (QED) is 0.212. The summed E-state index contributed by atoms with van der Waals surface area (Å²) < 4.78 is 21.5. The van der Waals surface area contributed by atoms with Gasteiger partial charge >= 0.3 is 11.7 Å². The summed E-state index contributed by atoms with van der Waals surface area (Å²) in [7, 11) is 1.23. The van der Waals surface area contributed by atoms with Crippen LogP contribution in [0.5, 0.6) is 28.7 Å². The minimum absolute atomic E-state index is 0.0941. The maximum Gasteiger partial charge on any atom is 0.343 e. The van der Waals surface area contributed by atoms with Crippen molar-refractivity contribution in [1.29, 1.82) is 0 Å². The molecule has 0 atom stereocenters. The van der Waals surface area contributed by atoms with Crippen molar-refractivity contribution >= 4 is 34.9 Å². The molecule has 0 aliphatic carbocycles. The lowest BCUT2D eigenvalue weighted by Crippen LogP contribution is -2.12. The van der Waals surface area contributed by atoms with E-state index in [0.717, 1.165) is 0 Å². The molecule has 0 heterocycles. The molecule has 166 valence electrons. The predicted molar refractivity (Wildman–Crippen MR) is 118 cm³/mol. The maximum atomic E-state index is 11.5. The second-order valence-electron chi connectivity index (χ2n) is 6.39. The number of nitro benzene ring substituents is 1. The molecule has 0 fully saturated rings. The number of hydrogen-bond donors (Lipinski definition) is 0. The van der Waals surface area contributed by atoms with E-state index in [2.05, 4.69) is 4.74 Å². The molecule has 0 bridgehead atoms. The number of esters is 1. The van der Waals surface area contributed by atoms with Crippen molar-refractivity contribution < 1.29 is 28.7 Å². The zero-order valence-electron chi connectivity index (χ0n) is 17.0. The predicted octanol–water partition coefficient (Wildman–Crippen LogP) is 6.35. The smallest absolute Gasteiger partial charge is 0.343 e. The molecular weight excluding hydrogens is 461 g/mol. The van der Waals surface area contributed by atoms with Crippen molar-refractivity contribution in [2.24, 2.45) is 0 Å². The van der Waals surface area contributed by atoms with Crippen LogP contribution < -0.4 is 14.2 Å². The van der Waals surface area contributed by atoms with Crippen LogP contribution in [0.25, 0.3) is 0 Å². The van der Waals surface area contributed by atoms with Gasteiger partial charge in [-0.2, -0.15) is 0 Å². The second-order valence-corrected chi connectivity index (χ2v) is 7.17. The first kappa shape index (κ1) is 23.2. The van der Waals surface area contributed by atoms with Gasteiger partial charge in [0.05, 0.1) is 17.1 Å². The number of rotatable bonds is 8. The lowest BCUT2D eigenvalue weighted by molar-refractivity contribution is -0.385. The molecule has 0 unspecified atom stereocenters. The number of halogens is 2. The molecule has 0 aliphatic rings. The SMILES string of the molecule is COC(=O)COc1ccccc1Oc1cc(Oc2ccc(Cl)c(C)c2Cl)ccc1[N+](=O)[O-]. The lowest BCUT2D eigenvalue weighted by Gasteiger charge is -2.14. The lowest BCUT2D eigenvalue weighted by atomic mass is 10.2. The minimum Gasteiger partial charge on any atom is -0.478 e. The number of carbonyl (C=O) groups is 1. The molecule has 0 radical (unpaired) electrons. The summed E-state index contributed by atoms with van der Waals surface area (Å²) in [6, 6.07) is 13.7. The van der Waals surface area contributed by atoms with Crippen LogP contribution in [0.15, 0.2) is 54.6 Å². The Morgan fingerprint density at radius 2 is 1.69 bits per heavy atom. The fourth-order valence-electron chi connectivity index (χ4n) is 2.60. The third kappa shape index (κ3) is 5.40. The molecule has 0 saturated carbocycles. The van der Waals surface area contributed by atoms with E-state index in [4.69, 9.17) is 37.4 Å². The van der Waals surface area contributed by atoms with Gasteiger partial charge in [0, 0.05) is 17.2 Å². The highest BCUT2D eigenvalue weighted by atomic mass is 35.5. The average molecular weight is 478 g/mol. The second kappa shape index (κ2) is 10.2. The molecule has 32 heavy (non-hydrogen) atoms. The Bertz CT molecular complexity index is 1170. The van der Waals surface area contributed by atoms with Crippen molar-refractivity contribution in [3.8, 4) is 28.7 Å². The van der Waals surface area contributed by atoms with Crippen LogP contribution in [0.2, 0.25) is 10.0 Å². The Morgan fingerprint density at radius 1 is 0.969 bits per heavy atom. The van der Waals surface area contributed by atoms with Crippen molar-refractivity contribution in [2.45, 2.75) is 6.92 Å². The molecule has 0 N–H and O–H groups in total. The van der Waals surface area contributed by atoms with Gasteiger partial charge in [-0.1, -0.05) is 35.3 Å². The molecule has 0 amide bonds. The van der Waals surface area contributed by atoms with Gasteiger partial charge in [0.2, 0.25) is 5.75 Å². The van der Waals surface area contributed by atoms with Gasteiger partial charge in [0.1, 0.15) is 11.5 Å². The van der Waals surface area contributed by atoms with E-state index in [1.54, 1.807) is 43.3 Å². The number of methoxy groups -OCH3 is 1. The Balaban J connectivity index is 1.92. The number of benzene rings is 3. The highest BCUT2D eigenvalue weighted by Gasteiger charge is 2.20. The van der Waals surface area contributed by atoms with Gasteiger partial charge in [0.15, 0.2) is 18.1 Å². The van der Waals surface area contributed by atoms with Crippen molar-refractivity contribution in [1.82, 2.24) is 0 Å². The first-order chi connectivity index (χ1) is 15.3. The van der Waals surface area contributed by atoms with Gasteiger partial charge in [-0.15, -0.1) is 0 Å². The van der Waals surface area contributed by atoms with E-state index < -0.39 is 10.9 Å². The normalized spacial score (nSPS) is 10.4. The van der Waals surface area contributed by atoms with Crippen LogP contribution in [-0.2, 0) is 9.53 Å². The summed E-state index contributed by atoms with van der Waals surface area (Å²) in [5.74, 6) is 0.268. The molecule has 3 rings (SSSR count). The zero-order valence-corrected chi connectivity index (χ0v) is 18.5. The van der Waals surface area contributed by atoms with Crippen LogP contribution in [0, 0.1) is 17.0 Å². The Kier molecular flexibility index (Phi) is 7.40. The van der Waals surface area contributed by atoms with Gasteiger partial charge in [-0.25, -0.2) is 4.79 Å². The highest BCUT2D eigenvalue weighted by molar-refractivity contribution is 6.36. The summed E-state index contributed by atoms with van der Waals surface area (Å²) >= 11 is 12.3. The van der Waals surface area contributed by atoms with Crippen LogP contribution in [0.4, 0.5) is 5.69 Å². The van der Waals surface area contributed by atoms with E-state index in [1.165, 1.54) is 25.3 Å². The molecule has 0 saturated heterocycles. The number of ether oxygens (including phenoxy) is 4. The molecule has 8 nitrogen and oxygen atoms in total. The molecule has 10 heteroatoms. The van der Waals surface area contributed by atoms with E-state index >= 15 is 0 Å². The third-order valence-corrected chi connectivity index (χ3v) is 5.16. The first-order valence-corrected chi connectivity index (χ1v) is 9.93. The van der Waals surface area contributed by atoms with Gasteiger partial charge in [0.25, 0.3) is 0 Å². The summed E-state index contributed by atoms with van der Waals surface area (Å²) in [6.45, 7) is 1.39. The minimum atomic E-state index is -0.587. The maximum absolute atomic E-state index is 11.5. The van der Waals surface area contributed by atoms with Crippen molar-refractivity contribution in [3.63, 3.8) is 0 Å². The number of nitrogens with zero attached hydrogens (tertiary/aromatic N) is 1. The summed E-state index contributed by atoms with van der Waals surface area (Å²) in [6.07, 6.45) is 0. The number of nitro groups is 1. The highest BCUT2D eigenvalue weighted by Crippen LogP contribution is 2.41. The van der Waals surface area contributed by atoms with E-state index in [0.29, 0.717) is 21.4 Å². The van der Waals surface area contributed by atoms with Crippen molar-refractivity contribution in [2.75, 3.05) is 13.7 Å². The fourth-order valence-corrected chi connectivity index (χ4v) is 3.01. The largest absolute Gasteiger partial charge is 0.478 e. The first-order valence-electron chi connectivity index (χ1n) is 9.17. The monoisotopic (exact) mass is 477 g/mol. The van der Waals surface area contributed by atoms with Crippen LogP contribution >= 0.6 is 23.2 Å². The van der Waals surface area contributed by atoms with Crippen LogP contribution in [0.3, 0.4) is 0 Å². The Labute approximate surface area is 193 Å². The fraction of sp³-hybridized carbons (Fsp3) is 0.136. The molecule has 3 aromatic carbocycles.